The third-order valence-corrected chi connectivity index (χ3v) is 2.09. The quantitative estimate of drug-likeness (QED) is 0.671. The second kappa shape index (κ2) is 6.01. The molecule has 0 N–H and O–H groups in total. The maximum Gasteiger partial charge on any atom is 0.125 e. The lowest BCUT2D eigenvalue weighted by molar-refractivity contribution is 1.01. The van der Waals surface area contributed by atoms with Gasteiger partial charge in [-0.3, -0.25) is 0 Å². The predicted octanol–water partition coefficient (Wildman–Crippen LogP) is 3.40. The Kier molecular flexibility index (Phi) is 4.65. The third-order valence-electron chi connectivity index (χ3n) is 2.09. The fraction of sp³-hybridized carbons (Fsp3) is 0.286. The lowest BCUT2D eigenvalue weighted by atomic mass is 10.2. The minimum atomic E-state index is 0.838. The van der Waals surface area contributed by atoms with E-state index in [2.05, 4.69) is 48.1 Å². The summed E-state index contributed by atoms with van der Waals surface area (Å²) < 4.78 is 0. The third kappa shape index (κ3) is 4.69. The minimum Gasteiger partial charge on any atom is -0.242 e. The van der Waals surface area contributed by atoms with Gasteiger partial charge in [0, 0.05) is 11.9 Å². The van der Waals surface area contributed by atoms with Crippen LogP contribution < -0.4 is 0 Å². The van der Waals surface area contributed by atoms with Crippen LogP contribution in [0.2, 0.25) is 0 Å². The molecule has 0 radical (unpaired) electrons. The van der Waals surface area contributed by atoms with E-state index in [1.165, 1.54) is 11.1 Å². The van der Waals surface area contributed by atoms with Crippen LogP contribution in [0.15, 0.2) is 36.5 Å². The first kappa shape index (κ1) is 12.4. The summed E-state index contributed by atoms with van der Waals surface area (Å²) in [5, 5.41) is 0. The fourth-order valence-electron chi connectivity index (χ4n) is 1.38. The van der Waals surface area contributed by atoms with Crippen molar-refractivity contribution >= 4 is 0 Å². The summed E-state index contributed by atoms with van der Waals surface area (Å²) in [4.78, 5) is 7.99. The van der Waals surface area contributed by atoms with Crippen LogP contribution >= 0.6 is 0 Å². The van der Waals surface area contributed by atoms with Gasteiger partial charge in [-0.25, -0.2) is 9.97 Å². The minimum absolute atomic E-state index is 0.838. The molecule has 0 saturated heterocycles. The van der Waals surface area contributed by atoms with Gasteiger partial charge in [0.25, 0.3) is 0 Å². The van der Waals surface area contributed by atoms with Gasteiger partial charge >= 0.3 is 0 Å². The smallest absolute Gasteiger partial charge is 0.125 e. The van der Waals surface area contributed by atoms with Crippen LogP contribution in [-0.2, 0) is 0 Å². The zero-order valence-corrected chi connectivity index (χ0v) is 10.4. The van der Waals surface area contributed by atoms with E-state index < -0.39 is 0 Å². The summed E-state index contributed by atoms with van der Waals surface area (Å²) in [5.41, 5.74) is 3.70. The molecule has 0 unspecified atom stereocenters. The number of aromatic nitrogens is 2. The summed E-state index contributed by atoms with van der Waals surface area (Å²) >= 11 is 0. The van der Waals surface area contributed by atoms with Crippen molar-refractivity contribution in [3.63, 3.8) is 0 Å². The second-order valence-corrected chi connectivity index (χ2v) is 3.90. The molecule has 0 spiro atoms. The van der Waals surface area contributed by atoms with Gasteiger partial charge in [-0.1, -0.05) is 35.4 Å². The van der Waals surface area contributed by atoms with Crippen molar-refractivity contribution in [1.82, 2.24) is 9.97 Å². The molecular formula is C14H18N2. The Morgan fingerprint density at radius 3 is 1.81 bits per heavy atom. The van der Waals surface area contributed by atoms with Crippen LogP contribution in [0.4, 0.5) is 0 Å². The Hall–Kier alpha value is -1.70. The molecule has 0 aliphatic carbocycles. The molecule has 1 heterocycles. The van der Waals surface area contributed by atoms with Gasteiger partial charge in [0.2, 0.25) is 0 Å². The largest absolute Gasteiger partial charge is 0.242 e. The van der Waals surface area contributed by atoms with E-state index in [0.29, 0.717) is 0 Å². The molecule has 2 rings (SSSR count). The Morgan fingerprint density at radius 2 is 1.50 bits per heavy atom. The lowest BCUT2D eigenvalue weighted by Gasteiger charge is -1.90. The first-order valence-corrected chi connectivity index (χ1v) is 5.37. The topological polar surface area (TPSA) is 25.8 Å². The van der Waals surface area contributed by atoms with Gasteiger partial charge in [0.1, 0.15) is 5.82 Å². The average molecular weight is 214 g/mol. The number of aryl methyl sites for hydroxylation is 4. The standard InChI is InChI=1S/C8H10.C6H8N2/c1-7-4-3-5-8(2)6-7;1-5-3-4-7-6(2)8-5/h3-6H,1-2H3;3-4H,1-2H3. The van der Waals surface area contributed by atoms with E-state index in [1.807, 2.05) is 19.9 Å². The van der Waals surface area contributed by atoms with Crippen LogP contribution in [0, 0.1) is 27.7 Å². The highest BCUT2D eigenvalue weighted by Gasteiger charge is 1.83. The summed E-state index contributed by atoms with van der Waals surface area (Å²) in [6.07, 6.45) is 1.76. The summed E-state index contributed by atoms with van der Waals surface area (Å²) in [6, 6.07) is 10.3. The maximum atomic E-state index is 4.06. The van der Waals surface area contributed by atoms with E-state index in [9.17, 15) is 0 Å². The predicted molar refractivity (Wildman–Crippen MR) is 67.4 cm³/mol. The first-order valence-electron chi connectivity index (χ1n) is 5.37. The van der Waals surface area contributed by atoms with Gasteiger partial charge in [-0.05, 0) is 33.8 Å². The lowest BCUT2D eigenvalue weighted by Crippen LogP contribution is -1.86. The normalized spacial score (nSPS) is 9.25. The molecular weight excluding hydrogens is 196 g/mol. The van der Waals surface area contributed by atoms with Crippen LogP contribution in [0.3, 0.4) is 0 Å². The van der Waals surface area contributed by atoms with Gasteiger partial charge in [-0.2, -0.15) is 0 Å². The van der Waals surface area contributed by atoms with Crippen molar-refractivity contribution in [2.75, 3.05) is 0 Å². The molecule has 0 fully saturated rings. The molecule has 0 saturated carbocycles. The van der Waals surface area contributed by atoms with E-state index in [4.69, 9.17) is 0 Å². The molecule has 1 aromatic carbocycles. The Balaban J connectivity index is 0.000000160. The number of nitrogens with zero attached hydrogens (tertiary/aromatic N) is 2. The molecule has 2 heteroatoms. The highest BCUT2D eigenvalue weighted by atomic mass is 14.9. The van der Waals surface area contributed by atoms with E-state index in [1.54, 1.807) is 6.20 Å². The van der Waals surface area contributed by atoms with Crippen molar-refractivity contribution in [3.05, 3.63) is 59.2 Å². The number of hydrogen-bond donors (Lipinski definition) is 0. The monoisotopic (exact) mass is 214 g/mol. The molecule has 0 amide bonds. The first-order chi connectivity index (χ1) is 7.58. The average Bonchev–Trinajstić information content (AvgIpc) is 2.17. The zero-order chi connectivity index (χ0) is 12.0. The Morgan fingerprint density at radius 1 is 0.875 bits per heavy atom. The highest BCUT2D eigenvalue weighted by Crippen LogP contribution is 2.00. The SMILES string of the molecule is Cc1cccc(C)c1.Cc1ccnc(C)n1. The van der Waals surface area contributed by atoms with Crippen molar-refractivity contribution in [1.29, 1.82) is 0 Å². The van der Waals surface area contributed by atoms with Crippen molar-refractivity contribution in [2.24, 2.45) is 0 Å². The van der Waals surface area contributed by atoms with Gasteiger partial charge < -0.3 is 0 Å². The number of benzene rings is 1. The van der Waals surface area contributed by atoms with Gasteiger partial charge in [0.15, 0.2) is 0 Å². The summed E-state index contributed by atoms with van der Waals surface area (Å²) in [5.74, 6) is 0.838. The van der Waals surface area contributed by atoms with Gasteiger partial charge in [-0.15, -0.1) is 0 Å². The van der Waals surface area contributed by atoms with Crippen LogP contribution in [0.1, 0.15) is 22.6 Å². The molecule has 0 aliphatic heterocycles. The Bertz CT molecular complexity index is 372. The zero-order valence-electron chi connectivity index (χ0n) is 10.4. The number of rotatable bonds is 0. The van der Waals surface area contributed by atoms with Crippen molar-refractivity contribution < 1.29 is 0 Å². The maximum absolute atomic E-state index is 4.06. The molecule has 1 aromatic heterocycles. The summed E-state index contributed by atoms with van der Waals surface area (Å²) in [6.45, 7) is 8.04. The van der Waals surface area contributed by atoms with Crippen LogP contribution in [0.5, 0.6) is 0 Å². The molecule has 2 nitrogen and oxygen atoms in total. The van der Waals surface area contributed by atoms with Crippen molar-refractivity contribution in [3.8, 4) is 0 Å². The second-order valence-electron chi connectivity index (χ2n) is 3.90. The number of hydrogen-bond acceptors (Lipinski definition) is 2. The van der Waals surface area contributed by atoms with Crippen molar-refractivity contribution in [2.45, 2.75) is 27.7 Å². The van der Waals surface area contributed by atoms with E-state index >= 15 is 0 Å². The van der Waals surface area contributed by atoms with Crippen LogP contribution in [0.25, 0.3) is 0 Å². The Labute approximate surface area is 97.4 Å². The van der Waals surface area contributed by atoms with Gasteiger partial charge in [0.05, 0.1) is 0 Å². The van der Waals surface area contributed by atoms with E-state index in [-0.39, 0.29) is 0 Å². The molecule has 0 aliphatic rings. The van der Waals surface area contributed by atoms with Crippen LogP contribution in [-0.4, -0.2) is 9.97 Å². The molecule has 0 bridgehead atoms. The fourth-order valence-corrected chi connectivity index (χ4v) is 1.38. The molecule has 16 heavy (non-hydrogen) atoms. The molecule has 2 aromatic rings. The highest BCUT2D eigenvalue weighted by molar-refractivity contribution is 5.20. The molecule has 84 valence electrons. The molecule has 0 atom stereocenters. The summed E-state index contributed by atoms with van der Waals surface area (Å²) in [7, 11) is 0. The van der Waals surface area contributed by atoms with E-state index in [0.717, 1.165) is 11.5 Å².